The summed E-state index contributed by atoms with van der Waals surface area (Å²) in [5.74, 6) is 1.66. The van der Waals surface area contributed by atoms with Crippen molar-refractivity contribution >= 4 is 11.6 Å². The van der Waals surface area contributed by atoms with E-state index in [2.05, 4.69) is 5.32 Å². The van der Waals surface area contributed by atoms with Gasteiger partial charge in [0.1, 0.15) is 0 Å². The highest BCUT2D eigenvalue weighted by atomic mass is 35.5. The monoisotopic (exact) mass is 275 g/mol. The van der Waals surface area contributed by atoms with Crippen molar-refractivity contribution in [3.05, 3.63) is 58.6 Å². The molecule has 0 saturated heterocycles. The molecule has 19 heavy (non-hydrogen) atoms. The molecule has 1 heterocycles. The van der Waals surface area contributed by atoms with E-state index < -0.39 is 0 Å². The quantitative estimate of drug-likeness (QED) is 0.928. The number of halogens is 1. The van der Waals surface area contributed by atoms with Crippen molar-refractivity contribution in [2.45, 2.75) is 13.1 Å². The van der Waals surface area contributed by atoms with Gasteiger partial charge in [-0.25, -0.2) is 0 Å². The van der Waals surface area contributed by atoms with Gasteiger partial charge in [-0.2, -0.15) is 0 Å². The summed E-state index contributed by atoms with van der Waals surface area (Å²) in [6.45, 7) is 1.75. The van der Waals surface area contributed by atoms with Crippen LogP contribution in [0.4, 0.5) is 0 Å². The number of benzene rings is 2. The first-order valence-corrected chi connectivity index (χ1v) is 6.54. The Morgan fingerprint density at radius 3 is 2.63 bits per heavy atom. The van der Waals surface area contributed by atoms with Crippen LogP contribution in [0.3, 0.4) is 0 Å². The Morgan fingerprint density at radius 1 is 0.947 bits per heavy atom. The molecular weight excluding hydrogens is 262 g/mol. The highest BCUT2D eigenvalue weighted by molar-refractivity contribution is 6.31. The van der Waals surface area contributed by atoms with Crippen molar-refractivity contribution in [1.29, 1.82) is 0 Å². The summed E-state index contributed by atoms with van der Waals surface area (Å²) >= 11 is 6.12. The Balaban J connectivity index is 1.65. The van der Waals surface area contributed by atoms with Crippen LogP contribution in [0.5, 0.6) is 11.5 Å². The molecular formula is C15H14ClNO2. The third kappa shape index (κ3) is 2.67. The molecule has 0 aliphatic carbocycles. The molecule has 1 N–H and O–H groups in total. The van der Waals surface area contributed by atoms with Crippen LogP contribution < -0.4 is 14.8 Å². The average Bonchev–Trinajstić information content (AvgIpc) is 2.90. The molecule has 0 atom stereocenters. The molecule has 2 aromatic carbocycles. The molecule has 1 aliphatic heterocycles. The van der Waals surface area contributed by atoms with Gasteiger partial charge in [0, 0.05) is 23.7 Å². The maximum atomic E-state index is 6.12. The Bertz CT molecular complexity index is 586. The third-order valence-corrected chi connectivity index (χ3v) is 3.44. The zero-order chi connectivity index (χ0) is 13.1. The lowest BCUT2D eigenvalue weighted by Crippen LogP contribution is -2.13. The maximum absolute atomic E-state index is 6.12. The molecule has 0 aromatic heterocycles. The lowest BCUT2D eigenvalue weighted by molar-refractivity contribution is 0.173. The molecule has 3 nitrogen and oxygen atoms in total. The number of ether oxygens (including phenoxy) is 2. The molecule has 0 spiro atoms. The maximum Gasteiger partial charge on any atom is 0.231 e. The Labute approximate surface area is 117 Å². The minimum Gasteiger partial charge on any atom is -0.454 e. The smallest absolute Gasteiger partial charge is 0.231 e. The number of hydrogen-bond acceptors (Lipinski definition) is 3. The van der Waals surface area contributed by atoms with Gasteiger partial charge in [0.2, 0.25) is 6.79 Å². The van der Waals surface area contributed by atoms with E-state index in [-0.39, 0.29) is 0 Å². The summed E-state index contributed by atoms with van der Waals surface area (Å²) in [5, 5.41) is 4.15. The van der Waals surface area contributed by atoms with Crippen LogP contribution >= 0.6 is 11.6 Å². The molecule has 4 heteroatoms. The number of rotatable bonds is 4. The zero-order valence-electron chi connectivity index (χ0n) is 10.4. The first-order valence-electron chi connectivity index (χ1n) is 6.16. The van der Waals surface area contributed by atoms with Crippen LogP contribution in [0.1, 0.15) is 11.1 Å². The largest absolute Gasteiger partial charge is 0.454 e. The lowest BCUT2D eigenvalue weighted by Gasteiger charge is -2.08. The van der Waals surface area contributed by atoms with Crippen molar-refractivity contribution in [3.8, 4) is 11.5 Å². The third-order valence-electron chi connectivity index (χ3n) is 3.07. The second-order valence-corrected chi connectivity index (χ2v) is 4.75. The Kier molecular flexibility index (Phi) is 3.58. The van der Waals surface area contributed by atoms with E-state index in [1.165, 1.54) is 0 Å². The molecule has 98 valence electrons. The molecule has 1 aliphatic rings. The van der Waals surface area contributed by atoms with Gasteiger partial charge in [0.25, 0.3) is 0 Å². The average molecular weight is 276 g/mol. The van der Waals surface area contributed by atoms with Crippen molar-refractivity contribution in [2.75, 3.05) is 6.79 Å². The first-order chi connectivity index (χ1) is 9.34. The Hall–Kier alpha value is -1.71. The Morgan fingerprint density at radius 2 is 1.74 bits per heavy atom. The van der Waals surface area contributed by atoms with Crippen molar-refractivity contribution in [2.24, 2.45) is 0 Å². The van der Waals surface area contributed by atoms with E-state index in [0.29, 0.717) is 6.79 Å². The summed E-state index contributed by atoms with van der Waals surface area (Å²) in [4.78, 5) is 0. The van der Waals surface area contributed by atoms with Crippen molar-refractivity contribution in [1.82, 2.24) is 5.32 Å². The molecule has 0 fully saturated rings. The molecule has 0 saturated carbocycles. The lowest BCUT2D eigenvalue weighted by atomic mass is 10.1. The van der Waals surface area contributed by atoms with E-state index in [4.69, 9.17) is 21.1 Å². The molecule has 2 aromatic rings. The summed E-state index contributed by atoms with van der Waals surface area (Å²) in [6.07, 6.45) is 0. The van der Waals surface area contributed by atoms with E-state index >= 15 is 0 Å². The fourth-order valence-corrected chi connectivity index (χ4v) is 2.31. The highest BCUT2D eigenvalue weighted by Crippen LogP contribution is 2.35. The topological polar surface area (TPSA) is 30.5 Å². The van der Waals surface area contributed by atoms with Gasteiger partial charge in [-0.3, -0.25) is 0 Å². The summed E-state index contributed by atoms with van der Waals surface area (Å²) in [6, 6.07) is 13.8. The number of nitrogens with one attached hydrogen (secondary N) is 1. The van der Waals surface area contributed by atoms with Gasteiger partial charge in [-0.1, -0.05) is 41.9 Å². The molecule has 3 rings (SSSR count). The first kappa shape index (κ1) is 12.3. The van der Waals surface area contributed by atoms with Crippen molar-refractivity contribution in [3.63, 3.8) is 0 Å². The fourth-order valence-electron chi connectivity index (χ4n) is 2.10. The second-order valence-electron chi connectivity index (χ2n) is 4.35. The van der Waals surface area contributed by atoms with Gasteiger partial charge in [-0.15, -0.1) is 0 Å². The van der Waals surface area contributed by atoms with Crippen molar-refractivity contribution < 1.29 is 9.47 Å². The minimum absolute atomic E-state index is 0.302. The molecule has 0 unspecified atom stereocenters. The number of fused-ring (bicyclic) bond motifs is 1. The summed E-state index contributed by atoms with van der Waals surface area (Å²) in [5.41, 5.74) is 2.19. The number of hydrogen-bond donors (Lipinski definition) is 1. The minimum atomic E-state index is 0.302. The molecule has 0 radical (unpaired) electrons. The van der Waals surface area contributed by atoms with Crippen LogP contribution in [-0.2, 0) is 13.1 Å². The van der Waals surface area contributed by atoms with Gasteiger partial charge >= 0.3 is 0 Å². The second kappa shape index (κ2) is 5.51. The molecule has 0 bridgehead atoms. The normalized spacial score (nSPS) is 12.7. The van der Waals surface area contributed by atoms with Crippen LogP contribution in [0.2, 0.25) is 5.02 Å². The van der Waals surface area contributed by atoms with Gasteiger partial charge in [0.05, 0.1) is 0 Å². The summed E-state index contributed by atoms with van der Waals surface area (Å²) < 4.78 is 10.8. The highest BCUT2D eigenvalue weighted by Gasteiger charge is 2.16. The van der Waals surface area contributed by atoms with E-state index in [9.17, 15) is 0 Å². The summed E-state index contributed by atoms with van der Waals surface area (Å²) in [7, 11) is 0. The molecule has 0 amide bonds. The predicted molar refractivity (Wildman–Crippen MR) is 74.6 cm³/mol. The zero-order valence-corrected chi connectivity index (χ0v) is 11.1. The van der Waals surface area contributed by atoms with Crippen LogP contribution in [0.15, 0.2) is 42.5 Å². The van der Waals surface area contributed by atoms with Gasteiger partial charge in [-0.05, 0) is 17.7 Å². The van der Waals surface area contributed by atoms with Gasteiger partial charge in [0.15, 0.2) is 11.5 Å². The predicted octanol–water partition coefficient (Wildman–Crippen LogP) is 3.36. The van der Waals surface area contributed by atoms with Gasteiger partial charge < -0.3 is 14.8 Å². The fraction of sp³-hybridized carbons (Fsp3) is 0.200. The van der Waals surface area contributed by atoms with E-state index in [0.717, 1.165) is 40.7 Å². The van der Waals surface area contributed by atoms with Crippen LogP contribution in [-0.4, -0.2) is 6.79 Å². The SMILES string of the molecule is Clc1ccccc1CNCc1cccc2c1OCO2. The van der Waals surface area contributed by atoms with Crippen LogP contribution in [0, 0.1) is 0 Å². The van der Waals surface area contributed by atoms with Crippen LogP contribution in [0.25, 0.3) is 0 Å². The van der Waals surface area contributed by atoms with E-state index in [1.54, 1.807) is 0 Å². The standard InChI is InChI=1S/C15H14ClNO2/c16-13-6-2-1-4-11(13)8-17-9-12-5-3-7-14-15(12)19-10-18-14/h1-7,17H,8-10H2. The number of para-hydroxylation sites is 1. The van der Waals surface area contributed by atoms with E-state index in [1.807, 2.05) is 42.5 Å².